The van der Waals surface area contributed by atoms with Gasteiger partial charge in [-0.15, -0.1) is 0 Å². The minimum absolute atomic E-state index is 0.00548. The fraction of sp³-hybridized carbons (Fsp3) is 0.556. The third-order valence-electron chi connectivity index (χ3n) is 15.1. The monoisotopic (exact) mass is 1200 g/mol. The Morgan fingerprint density at radius 1 is 0.595 bits per heavy atom. The molecule has 0 bridgehead atoms. The van der Waals surface area contributed by atoms with Gasteiger partial charge in [-0.05, 0) is 130 Å². The lowest BCUT2D eigenvalue weighted by atomic mass is 9.73. The van der Waals surface area contributed by atoms with Crippen molar-refractivity contribution in [3.05, 3.63) is 143 Å². The number of cyclic esters (lactones) is 1. The molecular weight excluding hydrogens is 1110 g/mol. The Morgan fingerprint density at radius 2 is 0.988 bits per heavy atom. The standard InChI is InChI=1S/C26H37N3O4S.C23H30N2O.C6H12N2O5S.C6H15N.C2H3N/c1-3-22-9-11-23(12-10-22)13-16-27-25(30)26(21-24-7-5-4-6-8-24)14-18-29(19-15-26)34(31,32)28-17-20-33-2;1-2-19-8-10-20(11-9-19)12-15-25-22(26)23(13-16-24-17-14-23)18-21-6-4-3-5-7-21;1-12-4-2-7-14(10,11)8-3-5-13-6(8)9;1-4-7(5-2)6-3;1-2-3/h4-12,28H,3,13-21H2,1-2H3,(H,27,30);3-11,24H,2,12-18H2,1H3,(H,25,26);7H,2-5H2,1H3;4-6H2,1-3H3;1H3. The molecule has 0 saturated carbocycles. The highest BCUT2D eigenvalue weighted by atomic mass is 32.2. The molecule has 4 aromatic carbocycles. The Kier molecular flexibility index (Phi) is 34.3. The maximum atomic E-state index is 13.5. The topological polar surface area (TPSA) is 241 Å². The first-order valence-electron chi connectivity index (χ1n) is 29.6. The summed E-state index contributed by atoms with van der Waals surface area (Å²) in [5.41, 5.74) is 6.55. The van der Waals surface area contributed by atoms with Gasteiger partial charge < -0.3 is 35.1 Å². The lowest BCUT2D eigenvalue weighted by molar-refractivity contribution is -0.133. The molecule has 7 rings (SSSR count). The molecule has 3 aliphatic rings. The van der Waals surface area contributed by atoms with E-state index < -0.39 is 31.9 Å². The Morgan fingerprint density at radius 3 is 1.35 bits per heavy atom. The van der Waals surface area contributed by atoms with Crippen molar-refractivity contribution in [2.24, 2.45) is 10.8 Å². The molecule has 0 aromatic heterocycles. The molecule has 21 heteroatoms. The van der Waals surface area contributed by atoms with Crippen LogP contribution in [0, 0.1) is 22.2 Å². The highest BCUT2D eigenvalue weighted by Crippen LogP contribution is 2.37. The maximum absolute atomic E-state index is 13.5. The number of hydrogen-bond donors (Lipinski definition) is 5. The molecule has 0 spiro atoms. The number of amides is 3. The van der Waals surface area contributed by atoms with E-state index in [0.717, 1.165) is 63.6 Å². The molecule has 0 atom stereocenters. The average Bonchev–Trinajstić information content (AvgIpc) is 3.75. The van der Waals surface area contributed by atoms with Crippen molar-refractivity contribution in [3.63, 3.8) is 0 Å². The first kappa shape index (κ1) is 72.5. The lowest BCUT2D eigenvalue weighted by Gasteiger charge is -2.40. The first-order chi connectivity index (χ1) is 40.4. The van der Waals surface area contributed by atoms with Crippen LogP contribution in [0.1, 0.15) is 101 Å². The zero-order chi connectivity index (χ0) is 61.7. The molecule has 3 amide bonds. The number of nitrogens with zero attached hydrogens (tertiary/aromatic N) is 4. The molecular formula is C63H97N9O10S2. The van der Waals surface area contributed by atoms with Crippen LogP contribution >= 0.6 is 0 Å². The highest BCUT2D eigenvalue weighted by molar-refractivity contribution is 7.87. The zero-order valence-electron chi connectivity index (χ0n) is 51.3. The highest BCUT2D eigenvalue weighted by Gasteiger charge is 2.44. The Bertz CT molecular complexity index is 2730. The van der Waals surface area contributed by atoms with Crippen LogP contribution in [0.5, 0.6) is 0 Å². The predicted molar refractivity (Wildman–Crippen MR) is 334 cm³/mol. The van der Waals surface area contributed by atoms with Crippen molar-refractivity contribution < 1.29 is 45.4 Å². The predicted octanol–water partition coefficient (Wildman–Crippen LogP) is 7.03. The van der Waals surface area contributed by atoms with Crippen LogP contribution in [0.3, 0.4) is 0 Å². The molecule has 84 heavy (non-hydrogen) atoms. The van der Waals surface area contributed by atoms with E-state index in [1.54, 1.807) is 6.07 Å². The fourth-order valence-corrected chi connectivity index (χ4v) is 12.1. The first-order valence-corrected chi connectivity index (χ1v) is 32.5. The number of ether oxygens (including phenoxy) is 3. The van der Waals surface area contributed by atoms with E-state index in [1.165, 1.54) is 72.9 Å². The summed E-state index contributed by atoms with van der Waals surface area (Å²) in [5, 5.41) is 17.1. The molecule has 3 saturated heterocycles. The van der Waals surface area contributed by atoms with Gasteiger partial charge >= 0.3 is 16.3 Å². The van der Waals surface area contributed by atoms with Gasteiger partial charge in [-0.1, -0.05) is 144 Å². The number of nitrogens with one attached hydrogen (secondary N) is 5. The van der Waals surface area contributed by atoms with Crippen molar-refractivity contribution in [2.45, 2.75) is 106 Å². The molecule has 19 nitrogen and oxygen atoms in total. The quantitative estimate of drug-likeness (QED) is 0.0377. The van der Waals surface area contributed by atoms with Gasteiger partial charge in [0.15, 0.2) is 0 Å². The number of rotatable bonds is 27. The summed E-state index contributed by atoms with van der Waals surface area (Å²) in [6.07, 6.45) is 7.06. The molecule has 0 aliphatic carbocycles. The fourth-order valence-electron chi connectivity index (χ4n) is 9.88. The van der Waals surface area contributed by atoms with E-state index in [9.17, 15) is 31.2 Å². The molecule has 466 valence electrons. The van der Waals surface area contributed by atoms with Gasteiger partial charge in [0.05, 0.1) is 36.7 Å². The van der Waals surface area contributed by atoms with Crippen LogP contribution in [-0.2, 0) is 82.7 Å². The van der Waals surface area contributed by atoms with Crippen LogP contribution in [0.4, 0.5) is 4.79 Å². The van der Waals surface area contributed by atoms with E-state index in [4.69, 9.17) is 10.00 Å². The molecule has 4 aromatic rings. The smallest absolute Gasteiger partial charge is 0.424 e. The molecule has 5 N–H and O–H groups in total. The third kappa shape index (κ3) is 25.4. The summed E-state index contributed by atoms with van der Waals surface area (Å²) >= 11 is 0. The summed E-state index contributed by atoms with van der Waals surface area (Å²) in [6, 6.07) is 39.3. The van der Waals surface area contributed by atoms with Crippen molar-refractivity contribution in [1.29, 1.82) is 5.26 Å². The van der Waals surface area contributed by atoms with Gasteiger partial charge in [0.25, 0.3) is 10.2 Å². The van der Waals surface area contributed by atoms with Gasteiger partial charge in [0.1, 0.15) is 6.61 Å². The lowest BCUT2D eigenvalue weighted by Crippen LogP contribution is -2.53. The minimum Gasteiger partial charge on any atom is -0.447 e. The van der Waals surface area contributed by atoms with E-state index in [1.807, 2.05) is 36.4 Å². The van der Waals surface area contributed by atoms with Crippen LogP contribution in [-0.4, -0.2) is 161 Å². The van der Waals surface area contributed by atoms with Crippen molar-refractivity contribution in [1.82, 2.24) is 38.9 Å². The van der Waals surface area contributed by atoms with Gasteiger partial charge in [-0.3, -0.25) is 9.59 Å². The summed E-state index contributed by atoms with van der Waals surface area (Å²) in [5.74, 6) is 0.221. The van der Waals surface area contributed by atoms with Crippen molar-refractivity contribution in [3.8, 4) is 6.07 Å². The van der Waals surface area contributed by atoms with E-state index >= 15 is 0 Å². The van der Waals surface area contributed by atoms with E-state index in [-0.39, 0.29) is 50.1 Å². The van der Waals surface area contributed by atoms with Crippen LogP contribution in [0.25, 0.3) is 0 Å². The molecule has 3 heterocycles. The number of nitriles is 1. The van der Waals surface area contributed by atoms with Crippen LogP contribution in [0.2, 0.25) is 0 Å². The molecule has 0 radical (unpaired) electrons. The molecule has 3 fully saturated rings. The minimum atomic E-state index is -3.75. The zero-order valence-corrected chi connectivity index (χ0v) is 52.9. The maximum Gasteiger partial charge on any atom is 0.424 e. The van der Waals surface area contributed by atoms with Crippen LogP contribution in [0.15, 0.2) is 109 Å². The summed E-state index contributed by atoms with van der Waals surface area (Å²) in [6.45, 7) is 20.6. The summed E-state index contributed by atoms with van der Waals surface area (Å²) in [4.78, 5) is 39.8. The second-order valence-electron chi connectivity index (χ2n) is 20.7. The van der Waals surface area contributed by atoms with Gasteiger partial charge in [0, 0.05) is 60.4 Å². The summed E-state index contributed by atoms with van der Waals surface area (Å²) < 4.78 is 69.0. The molecule has 0 unspecified atom stereocenters. The number of carbonyl (C=O) groups excluding carboxylic acids is 3. The van der Waals surface area contributed by atoms with E-state index in [2.05, 4.69) is 147 Å². The number of hydrogen-bond acceptors (Lipinski definition) is 13. The van der Waals surface area contributed by atoms with Gasteiger partial charge in [-0.2, -0.15) is 40.2 Å². The molecule has 3 aliphatic heterocycles. The largest absolute Gasteiger partial charge is 0.447 e. The van der Waals surface area contributed by atoms with Gasteiger partial charge in [0.2, 0.25) is 11.8 Å². The number of methoxy groups -OCH3 is 2. The number of aryl methyl sites for hydroxylation is 2. The van der Waals surface area contributed by atoms with Crippen molar-refractivity contribution in [2.75, 3.05) is 113 Å². The Labute approximate surface area is 503 Å². The SMILES string of the molecule is CC#N.CCN(CC)CC.CCc1ccc(CCNC(=O)C2(Cc3ccccc3)CCN(S(=O)(=O)NCCOC)CC2)cc1.CCc1ccc(CCNC(=O)C2(Cc3ccccc3)CCNCC2)cc1.COCCNS(=O)(=O)N1CCOC1=O. The summed E-state index contributed by atoms with van der Waals surface area (Å²) in [7, 11) is -4.35. The van der Waals surface area contributed by atoms with Crippen molar-refractivity contribution >= 4 is 38.3 Å². The average molecular weight is 1200 g/mol. The number of piperidine rings is 2. The second kappa shape index (κ2) is 39.7. The normalized spacial score (nSPS) is 15.4. The number of benzene rings is 4. The van der Waals surface area contributed by atoms with Gasteiger partial charge in [-0.25, -0.2) is 4.79 Å². The third-order valence-corrected chi connectivity index (χ3v) is 18.2. The van der Waals surface area contributed by atoms with E-state index in [0.29, 0.717) is 56.4 Å². The van der Waals surface area contributed by atoms with Crippen LogP contribution < -0.4 is 25.4 Å². The number of carbonyl (C=O) groups is 3. The second-order valence-corrected chi connectivity index (χ2v) is 24.1. The Balaban J connectivity index is 0.000000324. The Hall–Kier alpha value is -5.80.